The molecule has 1 aromatic carbocycles. The van der Waals surface area contributed by atoms with Gasteiger partial charge in [0.05, 0.1) is 0 Å². The van der Waals surface area contributed by atoms with E-state index >= 15 is 0 Å². The van der Waals surface area contributed by atoms with E-state index in [0.29, 0.717) is 11.8 Å². The molecule has 1 heterocycles. The van der Waals surface area contributed by atoms with E-state index in [0.717, 1.165) is 30.5 Å². The van der Waals surface area contributed by atoms with E-state index < -0.39 is 0 Å². The molecule has 1 aliphatic rings. The fourth-order valence-corrected chi connectivity index (χ4v) is 2.54. The van der Waals surface area contributed by atoms with Crippen LogP contribution in [0, 0.1) is 6.92 Å². The molecule has 6 nitrogen and oxygen atoms in total. The Morgan fingerprint density at radius 1 is 1.29 bits per heavy atom. The van der Waals surface area contributed by atoms with Gasteiger partial charge in [-0.2, -0.15) is 0 Å². The van der Waals surface area contributed by atoms with Crippen molar-refractivity contribution in [3.8, 4) is 11.8 Å². The van der Waals surface area contributed by atoms with E-state index in [1.54, 1.807) is 24.5 Å². The molecule has 1 aliphatic carbocycles. The van der Waals surface area contributed by atoms with Gasteiger partial charge in [0.1, 0.15) is 5.75 Å². The molecule has 124 valence electrons. The quantitative estimate of drug-likeness (QED) is 0.839. The number of benzene rings is 1. The smallest absolute Gasteiger partial charge is 0.321 e. The lowest BCUT2D eigenvalue weighted by molar-refractivity contribution is 0.249. The number of aromatic nitrogens is 2. The summed E-state index contributed by atoms with van der Waals surface area (Å²) in [4.78, 5) is 20.1. The van der Waals surface area contributed by atoms with Gasteiger partial charge in [-0.3, -0.25) is 0 Å². The maximum atomic E-state index is 12.1. The molecular formula is C18H20N4O2. The van der Waals surface area contributed by atoms with Crippen LogP contribution in [0.5, 0.6) is 11.8 Å². The molecule has 0 bridgehead atoms. The Morgan fingerprint density at radius 3 is 2.83 bits per heavy atom. The van der Waals surface area contributed by atoms with Crippen molar-refractivity contribution in [1.82, 2.24) is 15.3 Å². The van der Waals surface area contributed by atoms with E-state index in [2.05, 4.69) is 26.7 Å². The van der Waals surface area contributed by atoms with Gasteiger partial charge in [0.2, 0.25) is 0 Å². The van der Waals surface area contributed by atoms with E-state index in [4.69, 9.17) is 4.74 Å². The summed E-state index contributed by atoms with van der Waals surface area (Å²) in [6.45, 7) is 1.91. The van der Waals surface area contributed by atoms with Gasteiger partial charge in [0.15, 0.2) is 0 Å². The van der Waals surface area contributed by atoms with Crippen LogP contribution in [0.25, 0.3) is 0 Å². The fraction of sp³-hybridized carbons (Fsp3) is 0.278. The summed E-state index contributed by atoms with van der Waals surface area (Å²) in [5, 5.41) is 5.84. The van der Waals surface area contributed by atoms with Crippen LogP contribution >= 0.6 is 0 Å². The maximum absolute atomic E-state index is 12.1. The van der Waals surface area contributed by atoms with Crippen molar-refractivity contribution in [2.24, 2.45) is 0 Å². The van der Waals surface area contributed by atoms with Crippen LogP contribution < -0.4 is 15.4 Å². The predicted octanol–water partition coefficient (Wildman–Crippen LogP) is 3.81. The van der Waals surface area contributed by atoms with Crippen molar-refractivity contribution >= 4 is 11.7 Å². The first-order valence-corrected chi connectivity index (χ1v) is 8.00. The van der Waals surface area contributed by atoms with E-state index in [1.165, 1.54) is 0 Å². The minimum absolute atomic E-state index is 0.108. The predicted molar refractivity (Wildman–Crippen MR) is 92.2 cm³/mol. The normalized spacial score (nSPS) is 16.5. The Balaban J connectivity index is 1.61. The van der Waals surface area contributed by atoms with Crippen molar-refractivity contribution in [3.63, 3.8) is 0 Å². The molecule has 0 saturated heterocycles. The summed E-state index contributed by atoms with van der Waals surface area (Å²) in [5.41, 5.74) is 1.64. The number of hydrogen-bond acceptors (Lipinski definition) is 4. The van der Waals surface area contributed by atoms with Gasteiger partial charge < -0.3 is 15.4 Å². The summed E-state index contributed by atoms with van der Waals surface area (Å²) >= 11 is 0. The highest BCUT2D eigenvalue weighted by atomic mass is 16.5. The number of amides is 2. The van der Waals surface area contributed by atoms with E-state index in [-0.39, 0.29) is 12.1 Å². The Bertz CT molecular complexity index is 731. The second-order valence-corrected chi connectivity index (χ2v) is 5.67. The second kappa shape index (κ2) is 7.59. The molecule has 3 rings (SSSR count). The number of aryl methyl sites for hydroxylation is 1. The molecule has 0 spiro atoms. The minimum Gasteiger partial charge on any atom is -0.424 e. The SMILES string of the molecule is Cc1cc(Oc2ncccn2)ccc1NC(=O)NC1C=CCCC1. The summed E-state index contributed by atoms with van der Waals surface area (Å²) in [6, 6.07) is 7.35. The molecule has 24 heavy (non-hydrogen) atoms. The Morgan fingerprint density at radius 2 is 2.12 bits per heavy atom. The van der Waals surface area contributed by atoms with Crippen molar-refractivity contribution in [2.75, 3.05) is 5.32 Å². The molecule has 1 unspecified atom stereocenters. The second-order valence-electron chi connectivity index (χ2n) is 5.67. The number of ether oxygens (including phenoxy) is 1. The van der Waals surface area contributed by atoms with Crippen molar-refractivity contribution < 1.29 is 9.53 Å². The van der Waals surface area contributed by atoms with Crippen molar-refractivity contribution in [2.45, 2.75) is 32.2 Å². The van der Waals surface area contributed by atoms with Gasteiger partial charge in [0, 0.05) is 24.1 Å². The van der Waals surface area contributed by atoms with Crippen LogP contribution in [0.15, 0.2) is 48.8 Å². The zero-order valence-electron chi connectivity index (χ0n) is 13.5. The highest BCUT2D eigenvalue weighted by Gasteiger charge is 2.12. The number of urea groups is 1. The molecule has 2 amide bonds. The molecule has 0 saturated carbocycles. The average molecular weight is 324 g/mol. The van der Waals surface area contributed by atoms with Gasteiger partial charge in [0.25, 0.3) is 0 Å². The summed E-state index contributed by atoms with van der Waals surface area (Å²) < 4.78 is 5.58. The number of carbonyl (C=O) groups is 1. The van der Waals surface area contributed by atoms with Crippen LogP contribution in [0.1, 0.15) is 24.8 Å². The van der Waals surface area contributed by atoms with Crippen LogP contribution in [0.4, 0.5) is 10.5 Å². The zero-order valence-corrected chi connectivity index (χ0v) is 13.5. The first-order chi connectivity index (χ1) is 11.7. The minimum atomic E-state index is -0.199. The number of allylic oxidation sites excluding steroid dienone is 1. The lowest BCUT2D eigenvalue weighted by Gasteiger charge is -2.19. The molecule has 0 fully saturated rings. The first kappa shape index (κ1) is 16.0. The van der Waals surface area contributed by atoms with Gasteiger partial charge in [-0.05, 0) is 56.0 Å². The number of carbonyl (C=O) groups excluding carboxylic acids is 1. The van der Waals surface area contributed by atoms with E-state index in [9.17, 15) is 4.79 Å². The Kier molecular flexibility index (Phi) is 5.05. The third kappa shape index (κ3) is 4.32. The number of nitrogens with zero attached hydrogens (tertiary/aromatic N) is 2. The Labute approximate surface area is 141 Å². The lowest BCUT2D eigenvalue weighted by atomic mass is 10.0. The van der Waals surface area contributed by atoms with Gasteiger partial charge >= 0.3 is 12.0 Å². The summed E-state index contributed by atoms with van der Waals surface area (Å²) in [7, 11) is 0. The number of anilines is 1. The number of nitrogens with one attached hydrogen (secondary N) is 2. The third-order valence-corrected chi connectivity index (χ3v) is 3.77. The first-order valence-electron chi connectivity index (χ1n) is 8.00. The molecule has 0 aliphatic heterocycles. The molecule has 6 heteroatoms. The zero-order chi connectivity index (χ0) is 16.8. The molecule has 2 N–H and O–H groups in total. The number of hydrogen-bond donors (Lipinski definition) is 2. The molecule has 0 radical (unpaired) electrons. The van der Waals surface area contributed by atoms with Gasteiger partial charge in [-0.15, -0.1) is 0 Å². The molecular weight excluding hydrogens is 304 g/mol. The molecule has 2 aromatic rings. The third-order valence-electron chi connectivity index (χ3n) is 3.77. The monoisotopic (exact) mass is 324 g/mol. The fourth-order valence-electron chi connectivity index (χ4n) is 2.54. The van der Waals surface area contributed by atoms with Gasteiger partial charge in [-0.1, -0.05) is 12.2 Å². The highest BCUT2D eigenvalue weighted by Crippen LogP contribution is 2.24. The largest absolute Gasteiger partial charge is 0.424 e. The standard InChI is InChI=1S/C18H20N4O2/c1-13-12-15(24-18-19-10-5-11-20-18)8-9-16(13)22-17(23)21-14-6-3-2-4-7-14/h3,5-6,8-12,14H,2,4,7H2,1H3,(H2,21,22,23). The maximum Gasteiger partial charge on any atom is 0.321 e. The van der Waals surface area contributed by atoms with Crippen LogP contribution in [-0.4, -0.2) is 22.0 Å². The molecule has 1 atom stereocenters. The Hall–Kier alpha value is -2.89. The van der Waals surface area contributed by atoms with Crippen molar-refractivity contribution in [3.05, 3.63) is 54.4 Å². The molecule has 1 aromatic heterocycles. The van der Waals surface area contributed by atoms with Crippen LogP contribution in [0.3, 0.4) is 0 Å². The lowest BCUT2D eigenvalue weighted by Crippen LogP contribution is -2.37. The summed E-state index contributed by atoms with van der Waals surface area (Å²) in [6.07, 6.45) is 10.6. The highest BCUT2D eigenvalue weighted by molar-refractivity contribution is 5.90. The van der Waals surface area contributed by atoms with Gasteiger partial charge in [-0.25, -0.2) is 14.8 Å². The van der Waals surface area contributed by atoms with Crippen molar-refractivity contribution in [1.29, 1.82) is 0 Å². The topological polar surface area (TPSA) is 76.1 Å². The summed E-state index contributed by atoms with van der Waals surface area (Å²) in [5.74, 6) is 0.625. The van der Waals surface area contributed by atoms with E-state index in [1.807, 2.05) is 25.1 Å². The number of rotatable bonds is 4. The van der Waals surface area contributed by atoms with Crippen LogP contribution in [-0.2, 0) is 0 Å². The van der Waals surface area contributed by atoms with Crippen LogP contribution in [0.2, 0.25) is 0 Å². The average Bonchev–Trinajstić information content (AvgIpc) is 2.59.